The second-order valence-electron chi connectivity index (χ2n) is 5.21. The van der Waals surface area contributed by atoms with E-state index in [-0.39, 0.29) is 23.4 Å². The molecule has 0 aliphatic heterocycles. The molecular weight excluding hydrogens is 349 g/mol. The number of nitrogens with one attached hydrogen (secondary N) is 1. The Kier molecular flexibility index (Phi) is 4.93. The van der Waals surface area contributed by atoms with Gasteiger partial charge in [-0.1, -0.05) is 22.4 Å². The van der Waals surface area contributed by atoms with Crippen molar-refractivity contribution in [3.05, 3.63) is 28.2 Å². The lowest BCUT2D eigenvalue weighted by Gasteiger charge is -2.19. The number of benzene rings is 1. The second kappa shape index (κ2) is 6.36. The summed E-state index contributed by atoms with van der Waals surface area (Å²) in [4.78, 5) is 12.2. The van der Waals surface area contributed by atoms with Gasteiger partial charge >= 0.3 is 6.18 Å². The molecule has 1 aliphatic rings. The summed E-state index contributed by atoms with van der Waals surface area (Å²) in [5.41, 5.74) is 4.54. The van der Waals surface area contributed by atoms with Crippen LogP contribution in [-0.2, 0) is 11.0 Å². The SMILES string of the molecule is NCC1CCCC1C(=O)Nc1ccc(Br)cc1C(F)(F)F. The van der Waals surface area contributed by atoms with Crippen molar-refractivity contribution >= 4 is 27.5 Å². The summed E-state index contributed by atoms with van der Waals surface area (Å²) in [5.74, 6) is -0.634. The first-order chi connectivity index (χ1) is 9.82. The summed E-state index contributed by atoms with van der Waals surface area (Å²) in [6.45, 7) is 0.380. The number of rotatable bonds is 3. The first kappa shape index (κ1) is 16.3. The number of nitrogens with two attached hydrogens (primary N) is 1. The van der Waals surface area contributed by atoms with Crippen molar-refractivity contribution in [1.29, 1.82) is 0 Å². The first-order valence-electron chi connectivity index (χ1n) is 6.70. The Morgan fingerprint density at radius 2 is 2.10 bits per heavy atom. The Labute approximate surface area is 129 Å². The molecule has 3 N–H and O–H groups in total. The molecule has 2 unspecified atom stereocenters. The molecule has 0 heterocycles. The van der Waals surface area contributed by atoms with Crippen LogP contribution in [0.5, 0.6) is 0 Å². The lowest BCUT2D eigenvalue weighted by atomic mass is 9.95. The Hall–Kier alpha value is -1.08. The van der Waals surface area contributed by atoms with Gasteiger partial charge in [-0.25, -0.2) is 0 Å². The van der Waals surface area contributed by atoms with Crippen molar-refractivity contribution < 1.29 is 18.0 Å². The van der Waals surface area contributed by atoms with E-state index in [9.17, 15) is 18.0 Å². The lowest BCUT2D eigenvalue weighted by Crippen LogP contribution is -2.30. The monoisotopic (exact) mass is 364 g/mol. The van der Waals surface area contributed by atoms with Gasteiger partial charge in [0.2, 0.25) is 5.91 Å². The summed E-state index contributed by atoms with van der Waals surface area (Å²) in [7, 11) is 0. The van der Waals surface area contributed by atoms with Crippen LogP contribution in [0.2, 0.25) is 0 Å². The number of carbonyl (C=O) groups excluding carboxylic acids is 1. The second-order valence-corrected chi connectivity index (χ2v) is 6.13. The van der Waals surface area contributed by atoms with Gasteiger partial charge in [0.05, 0.1) is 11.3 Å². The van der Waals surface area contributed by atoms with E-state index in [1.807, 2.05) is 0 Å². The van der Waals surface area contributed by atoms with Crippen molar-refractivity contribution in [1.82, 2.24) is 0 Å². The molecule has 3 nitrogen and oxygen atoms in total. The van der Waals surface area contributed by atoms with E-state index < -0.39 is 11.7 Å². The number of anilines is 1. The largest absolute Gasteiger partial charge is 0.418 e. The van der Waals surface area contributed by atoms with Crippen LogP contribution in [0, 0.1) is 11.8 Å². The number of amides is 1. The molecule has 0 spiro atoms. The fourth-order valence-electron chi connectivity index (χ4n) is 2.75. The highest BCUT2D eigenvalue weighted by Crippen LogP contribution is 2.38. The number of hydrogen-bond donors (Lipinski definition) is 2. The zero-order valence-corrected chi connectivity index (χ0v) is 12.8. The maximum atomic E-state index is 13.0. The van der Waals surface area contributed by atoms with Crippen LogP contribution in [0.3, 0.4) is 0 Å². The molecule has 116 valence electrons. The summed E-state index contributed by atoms with van der Waals surface area (Å²) >= 11 is 3.01. The van der Waals surface area contributed by atoms with Gasteiger partial charge in [-0.15, -0.1) is 0 Å². The van der Waals surface area contributed by atoms with E-state index in [0.29, 0.717) is 17.4 Å². The number of hydrogen-bond acceptors (Lipinski definition) is 2. The van der Waals surface area contributed by atoms with Gasteiger partial charge in [0.1, 0.15) is 0 Å². The Morgan fingerprint density at radius 1 is 1.38 bits per heavy atom. The van der Waals surface area contributed by atoms with E-state index in [1.165, 1.54) is 12.1 Å². The zero-order chi connectivity index (χ0) is 15.6. The lowest BCUT2D eigenvalue weighted by molar-refractivity contribution is -0.137. The number of carbonyl (C=O) groups is 1. The molecule has 2 rings (SSSR count). The number of halogens is 4. The summed E-state index contributed by atoms with van der Waals surface area (Å²) in [6.07, 6.45) is -2.12. The third kappa shape index (κ3) is 3.77. The third-order valence-electron chi connectivity index (χ3n) is 3.84. The van der Waals surface area contributed by atoms with Gasteiger partial charge in [-0.2, -0.15) is 13.2 Å². The molecule has 1 aromatic carbocycles. The van der Waals surface area contributed by atoms with Crippen LogP contribution in [0.15, 0.2) is 22.7 Å². The quantitative estimate of drug-likeness (QED) is 0.857. The molecule has 1 aliphatic carbocycles. The minimum atomic E-state index is -4.52. The van der Waals surface area contributed by atoms with Gasteiger partial charge in [0, 0.05) is 10.4 Å². The average molecular weight is 365 g/mol. The molecule has 0 radical (unpaired) electrons. The summed E-state index contributed by atoms with van der Waals surface area (Å²) in [5, 5.41) is 2.42. The van der Waals surface area contributed by atoms with Gasteiger partial charge < -0.3 is 11.1 Å². The van der Waals surface area contributed by atoms with Gasteiger partial charge in [-0.05, 0) is 43.5 Å². The normalized spacial score (nSPS) is 22.3. The van der Waals surface area contributed by atoms with Crippen LogP contribution in [0.25, 0.3) is 0 Å². The van der Waals surface area contributed by atoms with Crippen LogP contribution in [0.4, 0.5) is 18.9 Å². The van der Waals surface area contributed by atoms with Gasteiger partial charge in [0.15, 0.2) is 0 Å². The van der Waals surface area contributed by atoms with Crippen LogP contribution in [-0.4, -0.2) is 12.5 Å². The zero-order valence-electron chi connectivity index (χ0n) is 11.2. The molecule has 7 heteroatoms. The van der Waals surface area contributed by atoms with Crippen molar-refractivity contribution in [2.75, 3.05) is 11.9 Å². The minimum absolute atomic E-state index is 0.0507. The molecule has 2 atom stereocenters. The Morgan fingerprint density at radius 3 is 2.71 bits per heavy atom. The fourth-order valence-corrected chi connectivity index (χ4v) is 3.11. The maximum absolute atomic E-state index is 13.0. The van der Waals surface area contributed by atoms with Crippen LogP contribution < -0.4 is 11.1 Å². The fraction of sp³-hybridized carbons (Fsp3) is 0.500. The highest BCUT2D eigenvalue weighted by molar-refractivity contribution is 9.10. The standard InChI is InChI=1S/C14H16BrF3N2O/c15-9-4-5-12(11(6-9)14(16,17)18)20-13(21)10-3-1-2-8(10)7-19/h4-6,8,10H,1-3,7,19H2,(H,20,21). The van der Waals surface area contributed by atoms with Crippen LogP contribution >= 0.6 is 15.9 Å². The van der Waals surface area contributed by atoms with E-state index in [4.69, 9.17) is 5.73 Å². The number of alkyl halides is 3. The van der Waals surface area contributed by atoms with Crippen molar-refractivity contribution in [3.63, 3.8) is 0 Å². The molecule has 1 amide bonds. The Balaban J connectivity index is 2.21. The van der Waals surface area contributed by atoms with Gasteiger partial charge in [-0.3, -0.25) is 4.79 Å². The molecule has 0 saturated heterocycles. The molecular formula is C14H16BrF3N2O. The third-order valence-corrected chi connectivity index (χ3v) is 4.34. The topological polar surface area (TPSA) is 55.1 Å². The molecule has 1 fully saturated rings. The van der Waals surface area contributed by atoms with E-state index in [1.54, 1.807) is 0 Å². The van der Waals surface area contributed by atoms with Crippen molar-refractivity contribution in [2.45, 2.75) is 25.4 Å². The minimum Gasteiger partial charge on any atom is -0.330 e. The highest BCUT2D eigenvalue weighted by Gasteiger charge is 2.36. The predicted molar refractivity (Wildman–Crippen MR) is 77.7 cm³/mol. The van der Waals surface area contributed by atoms with E-state index in [2.05, 4.69) is 21.2 Å². The van der Waals surface area contributed by atoms with Gasteiger partial charge in [0.25, 0.3) is 0 Å². The molecule has 0 aromatic heterocycles. The van der Waals surface area contributed by atoms with Crippen LogP contribution in [0.1, 0.15) is 24.8 Å². The summed E-state index contributed by atoms with van der Waals surface area (Å²) in [6, 6.07) is 3.70. The molecule has 0 bridgehead atoms. The predicted octanol–water partition coefficient (Wildman–Crippen LogP) is 3.78. The van der Waals surface area contributed by atoms with Crippen molar-refractivity contribution in [3.8, 4) is 0 Å². The summed E-state index contributed by atoms with van der Waals surface area (Å²) < 4.78 is 39.3. The van der Waals surface area contributed by atoms with E-state index in [0.717, 1.165) is 18.9 Å². The molecule has 1 saturated carbocycles. The Bertz CT molecular complexity index is 533. The molecule has 21 heavy (non-hydrogen) atoms. The van der Waals surface area contributed by atoms with E-state index >= 15 is 0 Å². The van der Waals surface area contributed by atoms with Crippen molar-refractivity contribution in [2.24, 2.45) is 17.6 Å². The average Bonchev–Trinajstić information content (AvgIpc) is 2.88. The smallest absolute Gasteiger partial charge is 0.330 e. The highest BCUT2D eigenvalue weighted by atomic mass is 79.9. The maximum Gasteiger partial charge on any atom is 0.418 e. The first-order valence-corrected chi connectivity index (χ1v) is 7.50. The molecule has 1 aromatic rings.